The van der Waals surface area contributed by atoms with Gasteiger partial charge in [-0.15, -0.1) is 0 Å². The highest BCUT2D eigenvalue weighted by molar-refractivity contribution is 5.85. The predicted octanol–water partition coefficient (Wildman–Crippen LogP) is 2.77. The fourth-order valence-electron chi connectivity index (χ4n) is 3.68. The Morgan fingerprint density at radius 3 is 2.52 bits per heavy atom. The molecule has 1 aromatic rings. The van der Waals surface area contributed by atoms with Crippen LogP contribution in [0.15, 0.2) is 12.1 Å². The minimum Gasteiger partial charge on any atom is -0.354 e. The zero-order chi connectivity index (χ0) is 15.9. The highest BCUT2D eigenvalue weighted by Gasteiger charge is 2.40. The van der Waals surface area contributed by atoms with Crippen LogP contribution >= 0.6 is 0 Å². The Hall–Kier alpha value is -1.55. The number of nitrogens with zero attached hydrogens (tertiary/aromatic N) is 1. The molecule has 1 heterocycles. The SMILES string of the molecule is Cc1cc2c(cc1C)N([C@@H](C)C(=O)NN)C(C)(C)C[C@H]2C. The summed E-state index contributed by atoms with van der Waals surface area (Å²) in [4.78, 5) is 14.3. The Morgan fingerprint density at radius 1 is 1.38 bits per heavy atom. The molecule has 3 N–H and O–H groups in total. The van der Waals surface area contributed by atoms with Crippen LogP contribution in [0.25, 0.3) is 0 Å². The number of nitrogens with two attached hydrogens (primary N) is 1. The summed E-state index contributed by atoms with van der Waals surface area (Å²) in [6.45, 7) is 12.8. The number of aryl methyl sites for hydroxylation is 2. The summed E-state index contributed by atoms with van der Waals surface area (Å²) < 4.78 is 0. The number of nitrogens with one attached hydrogen (secondary N) is 1. The van der Waals surface area contributed by atoms with Gasteiger partial charge in [-0.2, -0.15) is 0 Å². The van der Waals surface area contributed by atoms with Gasteiger partial charge in [0.1, 0.15) is 6.04 Å². The average Bonchev–Trinajstić information content (AvgIpc) is 2.39. The molecule has 0 radical (unpaired) electrons. The maximum atomic E-state index is 12.1. The molecule has 1 amide bonds. The first-order valence-electron chi connectivity index (χ1n) is 7.60. The zero-order valence-electron chi connectivity index (χ0n) is 13.9. The fourth-order valence-corrected chi connectivity index (χ4v) is 3.68. The Morgan fingerprint density at radius 2 is 1.95 bits per heavy atom. The fraction of sp³-hybridized carbons (Fsp3) is 0.588. The lowest BCUT2D eigenvalue weighted by Crippen LogP contribution is -2.58. The van der Waals surface area contributed by atoms with E-state index in [1.54, 1.807) is 0 Å². The van der Waals surface area contributed by atoms with Crippen LogP contribution in [0.2, 0.25) is 0 Å². The third kappa shape index (κ3) is 2.64. The zero-order valence-corrected chi connectivity index (χ0v) is 13.9. The standard InChI is InChI=1S/C17H27N3O/c1-10-7-14-12(3)9-17(5,6)20(13(4)16(21)19-18)15(14)8-11(10)2/h7-8,12-13H,9,18H2,1-6H3,(H,19,21)/t12-,13+/m1/s1. The van der Waals surface area contributed by atoms with Gasteiger partial charge in [-0.3, -0.25) is 10.2 Å². The lowest BCUT2D eigenvalue weighted by molar-refractivity contribution is -0.122. The summed E-state index contributed by atoms with van der Waals surface area (Å²) in [5.74, 6) is 5.68. The van der Waals surface area contributed by atoms with Crippen LogP contribution in [0.4, 0.5) is 5.69 Å². The molecule has 2 atom stereocenters. The highest BCUT2D eigenvalue weighted by Crippen LogP contribution is 2.45. The molecule has 0 saturated carbocycles. The van der Waals surface area contributed by atoms with E-state index in [4.69, 9.17) is 5.84 Å². The van der Waals surface area contributed by atoms with E-state index in [0.717, 1.165) is 12.1 Å². The van der Waals surface area contributed by atoms with Crippen molar-refractivity contribution in [3.8, 4) is 0 Å². The largest absolute Gasteiger partial charge is 0.354 e. The summed E-state index contributed by atoms with van der Waals surface area (Å²) in [5.41, 5.74) is 7.25. The van der Waals surface area contributed by atoms with Crippen molar-refractivity contribution in [2.24, 2.45) is 5.84 Å². The van der Waals surface area contributed by atoms with Crippen LogP contribution in [-0.4, -0.2) is 17.5 Å². The van der Waals surface area contributed by atoms with Crippen molar-refractivity contribution >= 4 is 11.6 Å². The maximum absolute atomic E-state index is 12.1. The van der Waals surface area contributed by atoms with Gasteiger partial charge in [0, 0.05) is 11.2 Å². The predicted molar refractivity (Wildman–Crippen MR) is 87.3 cm³/mol. The number of benzene rings is 1. The summed E-state index contributed by atoms with van der Waals surface area (Å²) >= 11 is 0. The van der Waals surface area contributed by atoms with Gasteiger partial charge in [-0.1, -0.05) is 13.0 Å². The normalized spacial score (nSPS) is 21.7. The monoisotopic (exact) mass is 289 g/mol. The van der Waals surface area contributed by atoms with Crippen molar-refractivity contribution in [2.45, 2.75) is 65.5 Å². The second-order valence-corrected chi connectivity index (χ2v) is 6.97. The summed E-state index contributed by atoms with van der Waals surface area (Å²) in [7, 11) is 0. The minimum absolute atomic E-state index is 0.0833. The van der Waals surface area contributed by atoms with Crippen LogP contribution in [-0.2, 0) is 4.79 Å². The quantitative estimate of drug-likeness (QED) is 0.500. The van der Waals surface area contributed by atoms with Crippen LogP contribution in [0.1, 0.15) is 56.7 Å². The summed E-state index contributed by atoms with van der Waals surface area (Å²) in [6.07, 6.45) is 1.02. The Bertz CT molecular complexity index is 565. The number of anilines is 1. The molecule has 116 valence electrons. The van der Waals surface area contributed by atoms with Gasteiger partial charge in [-0.05, 0) is 69.7 Å². The van der Waals surface area contributed by atoms with Crippen molar-refractivity contribution in [2.75, 3.05) is 4.90 Å². The number of carbonyl (C=O) groups is 1. The van der Waals surface area contributed by atoms with E-state index in [-0.39, 0.29) is 17.5 Å². The van der Waals surface area contributed by atoms with Crippen molar-refractivity contribution in [3.63, 3.8) is 0 Å². The van der Waals surface area contributed by atoms with Gasteiger partial charge in [0.15, 0.2) is 0 Å². The summed E-state index contributed by atoms with van der Waals surface area (Å²) in [6, 6.07) is 4.19. The van der Waals surface area contributed by atoms with E-state index in [0.29, 0.717) is 5.92 Å². The molecule has 1 aliphatic heterocycles. The Balaban J connectivity index is 2.61. The van der Waals surface area contributed by atoms with E-state index < -0.39 is 0 Å². The number of hydrogen-bond acceptors (Lipinski definition) is 3. The lowest BCUT2D eigenvalue weighted by atomic mass is 9.78. The molecule has 2 rings (SSSR count). The second kappa shape index (κ2) is 5.34. The third-order valence-corrected chi connectivity index (χ3v) is 4.80. The molecule has 0 bridgehead atoms. The van der Waals surface area contributed by atoms with Crippen LogP contribution in [0.3, 0.4) is 0 Å². The lowest BCUT2D eigenvalue weighted by Gasteiger charge is -2.50. The van der Waals surface area contributed by atoms with Crippen molar-refractivity contribution < 1.29 is 4.79 Å². The number of rotatable bonds is 2. The number of fused-ring (bicyclic) bond motifs is 1. The van der Waals surface area contributed by atoms with Crippen LogP contribution in [0, 0.1) is 13.8 Å². The minimum atomic E-state index is -0.293. The highest BCUT2D eigenvalue weighted by atomic mass is 16.2. The van der Waals surface area contributed by atoms with E-state index >= 15 is 0 Å². The molecule has 1 aromatic carbocycles. The third-order valence-electron chi connectivity index (χ3n) is 4.80. The molecule has 0 fully saturated rings. The van der Waals surface area contributed by atoms with E-state index in [1.807, 2.05) is 6.92 Å². The van der Waals surface area contributed by atoms with Crippen molar-refractivity contribution in [1.82, 2.24) is 5.43 Å². The van der Waals surface area contributed by atoms with Crippen LogP contribution in [0.5, 0.6) is 0 Å². The molecule has 0 saturated heterocycles. The molecule has 0 spiro atoms. The van der Waals surface area contributed by atoms with E-state index in [9.17, 15) is 4.79 Å². The average molecular weight is 289 g/mol. The van der Waals surface area contributed by atoms with Gasteiger partial charge in [0.25, 0.3) is 5.91 Å². The van der Waals surface area contributed by atoms with E-state index in [1.165, 1.54) is 16.7 Å². The second-order valence-electron chi connectivity index (χ2n) is 6.97. The van der Waals surface area contributed by atoms with E-state index in [2.05, 4.69) is 57.1 Å². The number of amides is 1. The first kappa shape index (κ1) is 15.8. The molecule has 1 aliphatic rings. The number of hydrogen-bond donors (Lipinski definition) is 2. The number of hydrazine groups is 1. The topological polar surface area (TPSA) is 58.4 Å². The van der Waals surface area contributed by atoms with Gasteiger partial charge in [0.05, 0.1) is 0 Å². The molecular weight excluding hydrogens is 262 g/mol. The van der Waals surface area contributed by atoms with Crippen molar-refractivity contribution in [3.05, 3.63) is 28.8 Å². The number of carbonyl (C=O) groups excluding carboxylic acids is 1. The molecule has 0 aliphatic carbocycles. The van der Waals surface area contributed by atoms with Gasteiger partial charge in [0.2, 0.25) is 0 Å². The first-order valence-corrected chi connectivity index (χ1v) is 7.60. The molecule has 0 aromatic heterocycles. The molecule has 0 unspecified atom stereocenters. The smallest absolute Gasteiger partial charge is 0.256 e. The molecule has 4 nitrogen and oxygen atoms in total. The summed E-state index contributed by atoms with van der Waals surface area (Å²) in [5, 5.41) is 0. The van der Waals surface area contributed by atoms with Gasteiger partial charge in [-0.25, -0.2) is 5.84 Å². The van der Waals surface area contributed by atoms with Crippen LogP contribution < -0.4 is 16.2 Å². The van der Waals surface area contributed by atoms with Gasteiger partial charge < -0.3 is 4.90 Å². The Kier molecular flexibility index (Phi) is 4.02. The van der Waals surface area contributed by atoms with Gasteiger partial charge >= 0.3 is 0 Å². The van der Waals surface area contributed by atoms with Crippen molar-refractivity contribution in [1.29, 1.82) is 0 Å². The maximum Gasteiger partial charge on any atom is 0.256 e. The molecule has 4 heteroatoms. The molecule has 21 heavy (non-hydrogen) atoms. The Labute approximate surface area is 127 Å². The molecular formula is C17H27N3O. The first-order chi connectivity index (χ1) is 9.69.